The Bertz CT molecular complexity index is 1040. The molecule has 11 heteroatoms. The largest absolute Gasteiger partial charge is 0.481 e. The molecule has 1 aliphatic heterocycles. The highest BCUT2D eigenvalue weighted by atomic mass is 19.1. The van der Waals surface area contributed by atoms with Crippen LogP contribution in [-0.2, 0) is 25.7 Å². The summed E-state index contributed by atoms with van der Waals surface area (Å²) in [6.45, 7) is 3.01. The molecule has 0 saturated heterocycles. The molecule has 0 fully saturated rings. The fourth-order valence-electron chi connectivity index (χ4n) is 3.06. The van der Waals surface area contributed by atoms with Crippen LogP contribution in [0.25, 0.3) is 0 Å². The van der Waals surface area contributed by atoms with Crippen molar-refractivity contribution in [2.24, 2.45) is 5.73 Å². The number of nitrogens with one attached hydrogen (secondary N) is 2. The quantitative estimate of drug-likeness (QED) is 0.358. The average Bonchev–Trinajstić information content (AvgIpc) is 3.20. The van der Waals surface area contributed by atoms with Gasteiger partial charge in [-0.1, -0.05) is 24.3 Å². The van der Waals surface area contributed by atoms with Gasteiger partial charge in [-0.05, 0) is 12.5 Å². The second kappa shape index (κ2) is 11.1. The maximum absolute atomic E-state index is 14.1. The Balaban J connectivity index is 0.000000890. The lowest BCUT2D eigenvalue weighted by molar-refractivity contribution is -0.142. The number of amidine groups is 1. The van der Waals surface area contributed by atoms with Crippen LogP contribution in [0.2, 0.25) is 0 Å². The average molecular weight is 462 g/mol. The molecule has 0 saturated carbocycles. The number of benzene rings is 1. The van der Waals surface area contributed by atoms with Gasteiger partial charge in [0.05, 0.1) is 0 Å². The molecule has 0 spiro atoms. The number of ether oxygens (including phenoxy) is 1. The normalized spacial score (nSPS) is 15.6. The van der Waals surface area contributed by atoms with Gasteiger partial charge >= 0.3 is 0 Å². The minimum absolute atomic E-state index is 0.0539. The SMILES string of the molecule is CC(=O)O.CCOC(C(=O)NCc1ccc(C(=N)N)cc1)N1C=C2C(F)=CC(=O)C(F)=C2C1. The number of allylic oxidation sites excluding steroid dienone is 3. The van der Waals surface area contributed by atoms with Crippen LogP contribution in [0.1, 0.15) is 25.0 Å². The van der Waals surface area contributed by atoms with Crippen LogP contribution in [0.4, 0.5) is 8.78 Å². The fraction of sp³-hybridized carbons (Fsp3) is 0.273. The van der Waals surface area contributed by atoms with E-state index in [0.29, 0.717) is 11.6 Å². The van der Waals surface area contributed by atoms with Crippen molar-refractivity contribution in [3.8, 4) is 0 Å². The first kappa shape index (κ1) is 25.4. The monoisotopic (exact) mass is 462 g/mol. The van der Waals surface area contributed by atoms with Crippen LogP contribution >= 0.6 is 0 Å². The van der Waals surface area contributed by atoms with Crippen molar-refractivity contribution >= 4 is 23.5 Å². The van der Waals surface area contributed by atoms with Crippen molar-refractivity contribution in [3.05, 3.63) is 70.5 Å². The molecule has 5 N–H and O–H groups in total. The van der Waals surface area contributed by atoms with E-state index in [2.05, 4.69) is 5.32 Å². The molecule has 9 nitrogen and oxygen atoms in total. The summed E-state index contributed by atoms with van der Waals surface area (Å²) in [4.78, 5) is 34.5. The molecule has 1 amide bonds. The van der Waals surface area contributed by atoms with E-state index >= 15 is 0 Å². The lowest BCUT2D eigenvalue weighted by Crippen LogP contribution is -2.45. The van der Waals surface area contributed by atoms with Gasteiger partial charge in [0, 0.05) is 55.6 Å². The Morgan fingerprint density at radius 3 is 2.45 bits per heavy atom. The number of ketones is 1. The number of amides is 1. The number of carboxylic acid groups (broad SMARTS) is 1. The van der Waals surface area contributed by atoms with Gasteiger partial charge in [0.25, 0.3) is 11.9 Å². The van der Waals surface area contributed by atoms with E-state index in [9.17, 15) is 18.4 Å². The summed E-state index contributed by atoms with van der Waals surface area (Å²) >= 11 is 0. The van der Waals surface area contributed by atoms with E-state index in [4.69, 9.17) is 25.8 Å². The van der Waals surface area contributed by atoms with Gasteiger partial charge in [-0.3, -0.25) is 19.8 Å². The van der Waals surface area contributed by atoms with E-state index in [0.717, 1.165) is 12.5 Å². The molecule has 33 heavy (non-hydrogen) atoms. The van der Waals surface area contributed by atoms with E-state index in [-0.39, 0.29) is 36.7 Å². The highest BCUT2D eigenvalue weighted by molar-refractivity contribution is 6.06. The topological polar surface area (TPSA) is 146 Å². The summed E-state index contributed by atoms with van der Waals surface area (Å²) in [5.41, 5.74) is 6.61. The second-order valence-electron chi connectivity index (χ2n) is 7.02. The number of aliphatic carboxylic acids is 1. The number of halogens is 2. The molecular weight excluding hydrogens is 438 g/mol. The zero-order chi connectivity index (χ0) is 24.7. The third kappa shape index (κ3) is 6.56. The second-order valence-corrected chi connectivity index (χ2v) is 7.02. The van der Waals surface area contributed by atoms with Crippen molar-refractivity contribution in [3.63, 3.8) is 0 Å². The van der Waals surface area contributed by atoms with Gasteiger partial charge in [0.15, 0.2) is 5.83 Å². The van der Waals surface area contributed by atoms with Crippen molar-refractivity contribution < 1.29 is 33.0 Å². The molecule has 1 aromatic carbocycles. The van der Waals surface area contributed by atoms with Gasteiger partial charge in [0.1, 0.15) is 11.7 Å². The van der Waals surface area contributed by atoms with E-state index < -0.39 is 35.5 Å². The Kier molecular flexibility index (Phi) is 8.57. The Hall–Kier alpha value is -3.86. The number of carbonyl (C=O) groups excluding carboxylic acids is 2. The van der Waals surface area contributed by atoms with Crippen LogP contribution < -0.4 is 11.1 Å². The fourth-order valence-corrected chi connectivity index (χ4v) is 3.06. The van der Waals surface area contributed by atoms with Crippen LogP contribution in [0.15, 0.2) is 59.3 Å². The summed E-state index contributed by atoms with van der Waals surface area (Å²) in [5, 5.41) is 17.5. The molecule has 1 unspecified atom stereocenters. The molecule has 3 rings (SSSR count). The number of nitrogen functional groups attached to an aromatic ring is 1. The highest BCUT2D eigenvalue weighted by Crippen LogP contribution is 2.36. The van der Waals surface area contributed by atoms with Gasteiger partial charge in [-0.2, -0.15) is 0 Å². The number of nitrogens with zero attached hydrogens (tertiary/aromatic N) is 1. The van der Waals surface area contributed by atoms with Crippen LogP contribution in [0.3, 0.4) is 0 Å². The Morgan fingerprint density at radius 2 is 1.91 bits per heavy atom. The van der Waals surface area contributed by atoms with Crippen LogP contribution in [0, 0.1) is 5.41 Å². The third-order valence-corrected chi connectivity index (χ3v) is 4.54. The van der Waals surface area contributed by atoms with E-state index in [1.165, 1.54) is 11.1 Å². The predicted molar refractivity (Wildman–Crippen MR) is 115 cm³/mol. The summed E-state index contributed by atoms with van der Waals surface area (Å²) in [6, 6.07) is 6.79. The van der Waals surface area contributed by atoms with Crippen LogP contribution in [0.5, 0.6) is 0 Å². The molecule has 1 atom stereocenters. The zero-order valence-corrected chi connectivity index (χ0v) is 18.0. The molecule has 176 valence electrons. The minimum Gasteiger partial charge on any atom is -0.481 e. The Labute approximate surface area is 188 Å². The highest BCUT2D eigenvalue weighted by Gasteiger charge is 2.36. The predicted octanol–water partition coefficient (Wildman–Crippen LogP) is 1.90. The Morgan fingerprint density at radius 1 is 1.30 bits per heavy atom. The van der Waals surface area contributed by atoms with Gasteiger partial charge in [0.2, 0.25) is 12.0 Å². The number of carboxylic acids is 1. The van der Waals surface area contributed by atoms with Crippen molar-refractivity contribution in [1.82, 2.24) is 10.2 Å². The summed E-state index contributed by atoms with van der Waals surface area (Å²) in [7, 11) is 0. The van der Waals surface area contributed by atoms with Gasteiger partial charge in [-0.15, -0.1) is 0 Å². The van der Waals surface area contributed by atoms with Crippen molar-refractivity contribution in [1.29, 1.82) is 5.41 Å². The van der Waals surface area contributed by atoms with E-state index in [1.807, 2.05) is 0 Å². The molecule has 0 aromatic heterocycles. The van der Waals surface area contributed by atoms with Gasteiger partial charge in [-0.25, -0.2) is 8.78 Å². The first-order valence-corrected chi connectivity index (χ1v) is 9.85. The summed E-state index contributed by atoms with van der Waals surface area (Å²) in [6.07, 6.45) is 0.765. The number of fused-ring (bicyclic) bond motifs is 1. The summed E-state index contributed by atoms with van der Waals surface area (Å²) < 4.78 is 33.6. The van der Waals surface area contributed by atoms with E-state index in [1.54, 1.807) is 31.2 Å². The summed E-state index contributed by atoms with van der Waals surface area (Å²) in [5.74, 6) is -4.27. The lowest BCUT2D eigenvalue weighted by atomic mass is 10.00. The van der Waals surface area contributed by atoms with Crippen molar-refractivity contribution in [2.45, 2.75) is 26.6 Å². The first-order valence-electron chi connectivity index (χ1n) is 9.85. The minimum atomic E-state index is -1.11. The van der Waals surface area contributed by atoms with Crippen molar-refractivity contribution in [2.75, 3.05) is 13.2 Å². The molecule has 1 aromatic rings. The number of carbonyl (C=O) groups is 3. The number of nitrogens with two attached hydrogens (primary N) is 1. The number of rotatable bonds is 7. The van der Waals surface area contributed by atoms with Gasteiger partial charge < -0.3 is 25.8 Å². The molecule has 0 bridgehead atoms. The third-order valence-electron chi connectivity index (χ3n) is 4.54. The molecule has 1 aliphatic carbocycles. The molecule has 1 heterocycles. The molecular formula is C22H24F2N4O5. The number of hydrogen-bond donors (Lipinski definition) is 4. The lowest BCUT2D eigenvalue weighted by Gasteiger charge is -2.26. The first-order chi connectivity index (χ1) is 15.5. The zero-order valence-electron chi connectivity index (χ0n) is 18.0. The smallest absolute Gasteiger partial charge is 0.300 e. The number of hydrogen-bond acceptors (Lipinski definition) is 6. The van der Waals surface area contributed by atoms with Crippen LogP contribution in [-0.4, -0.2) is 52.9 Å². The molecule has 2 aliphatic rings. The maximum Gasteiger partial charge on any atom is 0.300 e. The molecule has 0 radical (unpaired) electrons. The standard InChI is InChI=1S/C20H20F2N4O3.C2H4O2/c1-2-29-20(19(28)25-8-11-3-5-12(6-4-11)18(23)24)26-9-13-14(10-26)17(22)16(27)7-15(13)21;1-2(3)4/h3-7,9,20H,2,8,10H2,1H3,(H3,23,24)(H,25,28);1H3,(H,3,4). The maximum atomic E-state index is 14.1.